The molecule has 0 saturated carbocycles. The lowest BCUT2D eigenvalue weighted by atomic mass is 9.72. The largest absolute Gasteiger partial charge is 0.551 e. The smallest absolute Gasteiger partial charge is 0.508 e. The monoisotopic (exact) mass is 482 g/mol. The summed E-state index contributed by atoms with van der Waals surface area (Å²) in [7, 11) is -1.28. The average Bonchev–Trinajstić information content (AvgIpc) is 2.83. The van der Waals surface area contributed by atoms with Gasteiger partial charge in [-0.15, -0.1) is 0 Å². The van der Waals surface area contributed by atoms with Crippen LogP contribution in [0.15, 0.2) is 48.9 Å². The van der Waals surface area contributed by atoms with Gasteiger partial charge < -0.3 is 25.0 Å². The van der Waals surface area contributed by atoms with Crippen LogP contribution in [0.5, 0.6) is 0 Å². The van der Waals surface area contributed by atoms with Crippen LogP contribution in [0.3, 0.4) is 0 Å². The van der Waals surface area contributed by atoms with E-state index in [1.165, 1.54) is 18.6 Å². The Morgan fingerprint density at radius 2 is 1.91 bits per heavy atom. The lowest BCUT2D eigenvalue weighted by Crippen LogP contribution is -2.59. The number of nitrogens with one attached hydrogen (secondary N) is 2. The van der Waals surface area contributed by atoms with Crippen LogP contribution in [-0.2, 0) is 30.1 Å². The predicted molar refractivity (Wildman–Crippen MR) is 124 cm³/mol. The minimum Gasteiger partial charge on any atom is -0.508 e. The third-order valence-corrected chi connectivity index (χ3v) is 5.26. The lowest BCUT2D eigenvalue weighted by molar-refractivity contribution is -0.157. The number of carboxylic acids is 1. The van der Waals surface area contributed by atoms with Crippen LogP contribution in [0.4, 0.5) is 0 Å². The van der Waals surface area contributed by atoms with Crippen LogP contribution < -0.4 is 10.6 Å². The van der Waals surface area contributed by atoms with Crippen LogP contribution in [-0.4, -0.2) is 64.0 Å². The summed E-state index contributed by atoms with van der Waals surface area (Å²) in [6.45, 7) is 3.80. The van der Waals surface area contributed by atoms with Crippen molar-refractivity contribution in [2.75, 3.05) is 0 Å². The van der Waals surface area contributed by atoms with E-state index in [1.807, 2.05) is 44.2 Å². The molecule has 1 aliphatic heterocycles. The number of nitrogens with zero attached hydrogens (tertiary/aromatic N) is 2. The SMILES string of the molecule is CC(C)C[C@H](NC(=O)[C@H](Cc1ccccc1)NC(=O)c1cnccn1)B1OC(=O)C[C@@H](C(=O)O)O1. The van der Waals surface area contributed by atoms with Crippen molar-refractivity contribution in [1.82, 2.24) is 20.6 Å². The maximum absolute atomic E-state index is 13.4. The molecule has 11 nitrogen and oxygen atoms in total. The molecule has 2 aromatic rings. The van der Waals surface area contributed by atoms with Crippen molar-refractivity contribution in [2.24, 2.45) is 5.92 Å². The third-order valence-electron chi connectivity index (χ3n) is 5.26. The number of carbonyl (C=O) groups excluding carboxylic acids is 3. The summed E-state index contributed by atoms with van der Waals surface area (Å²) in [5.74, 6) is -3.93. The van der Waals surface area contributed by atoms with E-state index in [0.717, 1.165) is 5.56 Å². The summed E-state index contributed by atoms with van der Waals surface area (Å²) in [4.78, 5) is 57.3. The second-order valence-electron chi connectivity index (χ2n) is 8.58. The first-order valence-corrected chi connectivity index (χ1v) is 11.2. The van der Waals surface area contributed by atoms with Crippen molar-refractivity contribution in [3.05, 3.63) is 60.2 Å². The molecule has 1 fully saturated rings. The second kappa shape index (κ2) is 12.1. The molecular formula is C23H27BN4O7. The van der Waals surface area contributed by atoms with Crippen LogP contribution in [0.1, 0.15) is 42.7 Å². The summed E-state index contributed by atoms with van der Waals surface area (Å²) in [5, 5.41) is 14.8. The van der Waals surface area contributed by atoms with Crippen molar-refractivity contribution in [3.8, 4) is 0 Å². The molecule has 3 atom stereocenters. The van der Waals surface area contributed by atoms with Gasteiger partial charge in [0.25, 0.3) is 11.9 Å². The Balaban J connectivity index is 1.80. The predicted octanol–water partition coefficient (Wildman–Crippen LogP) is 0.793. The standard InChI is InChI=1S/C23H27BN4O7/c1-14(2)10-19(24-34-18(23(32)33)12-20(29)35-24)28-21(30)16(11-15-6-4-3-5-7-15)27-22(31)17-13-25-8-9-26-17/h3-9,13-14,16,18-19H,10-12H2,1-2H3,(H,27,31)(H,28,30)(H,32,33)/t16-,18-,19-/m0/s1. The highest BCUT2D eigenvalue weighted by Crippen LogP contribution is 2.18. The maximum atomic E-state index is 13.4. The van der Waals surface area contributed by atoms with E-state index in [2.05, 4.69) is 20.6 Å². The van der Waals surface area contributed by atoms with E-state index in [0.29, 0.717) is 6.42 Å². The zero-order valence-electron chi connectivity index (χ0n) is 19.4. The fourth-order valence-corrected chi connectivity index (χ4v) is 3.63. The molecule has 3 rings (SSSR count). The number of benzene rings is 1. The molecule has 1 saturated heterocycles. The Hall–Kier alpha value is -3.80. The minimum absolute atomic E-state index is 0.0472. The number of rotatable bonds is 10. The fourth-order valence-electron chi connectivity index (χ4n) is 3.63. The maximum Gasteiger partial charge on any atom is 0.551 e. The van der Waals surface area contributed by atoms with E-state index in [1.54, 1.807) is 0 Å². The Morgan fingerprint density at radius 1 is 1.17 bits per heavy atom. The number of hydrogen-bond acceptors (Lipinski definition) is 8. The van der Waals surface area contributed by atoms with Crippen molar-refractivity contribution in [3.63, 3.8) is 0 Å². The quantitative estimate of drug-likeness (QED) is 0.417. The van der Waals surface area contributed by atoms with Gasteiger partial charge in [0, 0.05) is 18.8 Å². The molecular weight excluding hydrogens is 455 g/mol. The molecule has 0 bridgehead atoms. The van der Waals surface area contributed by atoms with E-state index in [9.17, 15) is 24.3 Å². The van der Waals surface area contributed by atoms with Gasteiger partial charge in [-0.3, -0.25) is 19.4 Å². The second-order valence-corrected chi connectivity index (χ2v) is 8.58. The van der Waals surface area contributed by atoms with Gasteiger partial charge in [0.2, 0.25) is 5.91 Å². The molecule has 35 heavy (non-hydrogen) atoms. The molecule has 0 unspecified atom stereocenters. The number of aliphatic carboxylic acids is 1. The molecule has 0 spiro atoms. The van der Waals surface area contributed by atoms with E-state index >= 15 is 0 Å². The van der Waals surface area contributed by atoms with E-state index in [-0.39, 0.29) is 18.0 Å². The average molecular weight is 482 g/mol. The number of carboxylic acid groups (broad SMARTS) is 1. The topological polar surface area (TPSA) is 157 Å². The van der Waals surface area contributed by atoms with E-state index < -0.39 is 55.4 Å². The van der Waals surface area contributed by atoms with Gasteiger partial charge >= 0.3 is 13.1 Å². The molecule has 12 heteroatoms. The number of amides is 2. The summed E-state index contributed by atoms with van der Waals surface area (Å²) in [6.07, 6.45) is 2.81. The molecule has 184 valence electrons. The Bertz CT molecular complexity index is 1040. The molecule has 1 aromatic carbocycles. The van der Waals surface area contributed by atoms with Gasteiger partial charge in [0.05, 0.1) is 18.6 Å². The zero-order chi connectivity index (χ0) is 25.4. The molecule has 0 aliphatic carbocycles. The lowest BCUT2D eigenvalue weighted by Gasteiger charge is -2.31. The van der Waals surface area contributed by atoms with Crippen LogP contribution in [0, 0.1) is 5.92 Å². The van der Waals surface area contributed by atoms with Gasteiger partial charge in [-0.1, -0.05) is 44.2 Å². The number of carbonyl (C=O) groups is 4. The normalized spacial score (nSPS) is 17.3. The Labute approximate surface area is 202 Å². The Morgan fingerprint density at radius 3 is 2.54 bits per heavy atom. The van der Waals surface area contributed by atoms with Gasteiger partial charge in [0.1, 0.15) is 11.7 Å². The third kappa shape index (κ3) is 7.61. The molecule has 1 aliphatic rings. The van der Waals surface area contributed by atoms with Crippen molar-refractivity contribution in [2.45, 2.75) is 51.2 Å². The zero-order valence-corrected chi connectivity index (χ0v) is 19.4. The Kier molecular flexibility index (Phi) is 8.90. The molecule has 0 radical (unpaired) electrons. The van der Waals surface area contributed by atoms with Crippen LogP contribution in [0.2, 0.25) is 0 Å². The van der Waals surface area contributed by atoms with Crippen LogP contribution in [0.25, 0.3) is 0 Å². The highest BCUT2D eigenvalue weighted by Gasteiger charge is 2.44. The van der Waals surface area contributed by atoms with Gasteiger partial charge in [-0.2, -0.15) is 0 Å². The first kappa shape index (κ1) is 25.8. The summed E-state index contributed by atoms with van der Waals surface area (Å²) in [5.41, 5.74) is 0.852. The molecule has 3 N–H and O–H groups in total. The van der Waals surface area contributed by atoms with Gasteiger partial charge in [0.15, 0.2) is 6.10 Å². The van der Waals surface area contributed by atoms with Crippen molar-refractivity contribution < 1.29 is 33.6 Å². The van der Waals surface area contributed by atoms with Crippen molar-refractivity contribution in [1.29, 1.82) is 0 Å². The summed E-state index contributed by atoms with van der Waals surface area (Å²) in [6, 6.07) is 8.11. The fraction of sp³-hybridized carbons (Fsp3) is 0.391. The van der Waals surface area contributed by atoms with Crippen molar-refractivity contribution >= 4 is 30.9 Å². The van der Waals surface area contributed by atoms with Crippen LogP contribution >= 0.6 is 0 Å². The summed E-state index contributed by atoms with van der Waals surface area (Å²) >= 11 is 0. The highest BCUT2D eigenvalue weighted by molar-refractivity contribution is 6.50. The van der Waals surface area contributed by atoms with Gasteiger partial charge in [-0.05, 0) is 17.9 Å². The van der Waals surface area contributed by atoms with E-state index in [4.69, 9.17) is 9.31 Å². The molecule has 2 amide bonds. The number of hydrogen-bond donors (Lipinski definition) is 3. The first-order valence-electron chi connectivity index (χ1n) is 11.2. The number of aromatic nitrogens is 2. The molecule has 2 heterocycles. The van der Waals surface area contributed by atoms with Gasteiger partial charge in [-0.25, -0.2) is 9.78 Å². The summed E-state index contributed by atoms with van der Waals surface area (Å²) < 4.78 is 10.7. The first-order chi connectivity index (χ1) is 16.7. The highest BCUT2D eigenvalue weighted by atomic mass is 16.6. The molecule has 1 aromatic heterocycles. The minimum atomic E-state index is -1.37.